The van der Waals surface area contributed by atoms with Crippen molar-refractivity contribution in [2.75, 3.05) is 6.61 Å². The summed E-state index contributed by atoms with van der Waals surface area (Å²) in [6.45, 7) is 5.90. The first-order valence-electron chi connectivity index (χ1n) is 9.64. The number of carbonyl (C=O) groups is 2. The Hall–Kier alpha value is -3.68. The first-order valence-corrected chi connectivity index (χ1v) is 9.64. The van der Waals surface area contributed by atoms with Gasteiger partial charge in [-0.15, -0.1) is 0 Å². The van der Waals surface area contributed by atoms with Crippen LogP contribution in [0.4, 0.5) is 0 Å². The van der Waals surface area contributed by atoms with Crippen LogP contribution < -0.4 is 21.1 Å². The predicted molar refractivity (Wildman–Crippen MR) is 113 cm³/mol. The minimum Gasteiger partial charge on any atom is -0.483 e. The number of hydrogen-bond donors (Lipinski definition) is 2. The number of amides is 2. The van der Waals surface area contributed by atoms with E-state index in [2.05, 4.69) is 16.0 Å². The average Bonchev–Trinajstić information content (AvgIpc) is 2.73. The third-order valence-electron chi connectivity index (χ3n) is 4.39. The second-order valence-electron chi connectivity index (χ2n) is 7.33. The van der Waals surface area contributed by atoms with Gasteiger partial charge < -0.3 is 4.74 Å². The molecule has 30 heavy (non-hydrogen) atoms. The zero-order valence-electron chi connectivity index (χ0n) is 17.1. The predicted octanol–water partition coefficient (Wildman–Crippen LogP) is 2.20. The molecule has 2 N–H and O–H groups in total. The number of nitrogens with one attached hydrogen (secondary N) is 2. The van der Waals surface area contributed by atoms with E-state index in [1.54, 1.807) is 30.3 Å². The van der Waals surface area contributed by atoms with Crippen molar-refractivity contribution in [1.82, 2.24) is 20.6 Å². The van der Waals surface area contributed by atoms with Crippen molar-refractivity contribution in [2.24, 2.45) is 5.92 Å². The first kappa shape index (κ1) is 21.0. The molecule has 1 heterocycles. The Kier molecular flexibility index (Phi) is 6.46. The van der Waals surface area contributed by atoms with Crippen molar-refractivity contribution in [3.63, 3.8) is 0 Å². The van der Waals surface area contributed by atoms with Crippen LogP contribution in [0, 0.1) is 12.8 Å². The lowest BCUT2D eigenvalue weighted by atomic mass is 10.1. The van der Waals surface area contributed by atoms with E-state index in [4.69, 9.17) is 4.74 Å². The highest BCUT2D eigenvalue weighted by molar-refractivity contribution is 6.05. The number of ether oxygens (including phenoxy) is 1. The van der Waals surface area contributed by atoms with Gasteiger partial charge in [0.1, 0.15) is 5.75 Å². The zero-order valence-corrected chi connectivity index (χ0v) is 17.1. The Labute approximate surface area is 173 Å². The number of fused-ring (bicyclic) bond motifs is 1. The van der Waals surface area contributed by atoms with E-state index in [0.717, 1.165) is 5.56 Å². The lowest BCUT2D eigenvalue weighted by Gasteiger charge is -2.13. The summed E-state index contributed by atoms with van der Waals surface area (Å²) < 4.78 is 6.74. The third kappa shape index (κ3) is 4.83. The molecule has 0 aliphatic rings. The van der Waals surface area contributed by atoms with Gasteiger partial charge in [-0.1, -0.05) is 50.2 Å². The van der Waals surface area contributed by atoms with Crippen LogP contribution in [0.15, 0.2) is 53.3 Å². The van der Waals surface area contributed by atoms with Crippen LogP contribution in [0.5, 0.6) is 5.75 Å². The van der Waals surface area contributed by atoms with Gasteiger partial charge in [0.15, 0.2) is 12.3 Å². The normalized spacial score (nSPS) is 10.8. The fourth-order valence-corrected chi connectivity index (χ4v) is 2.96. The molecular formula is C22H24N4O4. The monoisotopic (exact) mass is 408 g/mol. The van der Waals surface area contributed by atoms with Crippen molar-refractivity contribution in [1.29, 1.82) is 0 Å². The number of hydrazine groups is 1. The van der Waals surface area contributed by atoms with Gasteiger partial charge in [-0.05, 0) is 30.5 Å². The number of carbonyl (C=O) groups excluding carboxylic acids is 2. The van der Waals surface area contributed by atoms with Crippen molar-refractivity contribution >= 4 is 22.6 Å². The van der Waals surface area contributed by atoms with Gasteiger partial charge in [0.2, 0.25) is 0 Å². The van der Waals surface area contributed by atoms with E-state index in [9.17, 15) is 14.4 Å². The van der Waals surface area contributed by atoms with Crippen molar-refractivity contribution in [3.8, 4) is 5.75 Å². The van der Waals surface area contributed by atoms with Crippen LogP contribution in [0.2, 0.25) is 0 Å². The molecular weight excluding hydrogens is 384 g/mol. The maximum Gasteiger partial charge on any atom is 0.290 e. The van der Waals surface area contributed by atoms with Crippen LogP contribution in [0.3, 0.4) is 0 Å². The van der Waals surface area contributed by atoms with Gasteiger partial charge in [-0.3, -0.25) is 25.2 Å². The number of rotatable bonds is 6. The SMILES string of the molecule is Cc1ccccc1OCC(=O)NNC(=O)c1nn(CC(C)C)c(=O)c2ccccc12. The highest BCUT2D eigenvalue weighted by Gasteiger charge is 2.17. The standard InChI is InChI=1S/C22H24N4O4/c1-14(2)12-26-22(29)17-10-6-5-9-16(17)20(25-26)21(28)24-23-19(27)13-30-18-11-7-4-8-15(18)3/h4-11,14H,12-13H2,1-3H3,(H,23,27)(H,24,28). The summed E-state index contributed by atoms with van der Waals surface area (Å²) in [6.07, 6.45) is 0. The molecule has 1 aromatic heterocycles. The molecule has 0 bridgehead atoms. The fourth-order valence-electron chi connectivity index (χ4n) is 2.96. The molecule has 8 nitrogen and oxygen atoms in total. The zero-order chi connectivity index (χ0) is 21.7. The van der Waals surface area contributed by atoms with Gasteiger partial charge >= 0.3 is 0 Å². The first-order chi connectivity index (χ1) is 14.4. The maximum absolute atomic E-state index is 12.7. The minimum absolute atomic E-state index is 0.0611. The quantitative estimate of drug-likeness (QED) is 0.609. The summed E-state index contributed by atoms with van der Waals surface area (Å²) >= 11 is 0. The topological polar surface area (TPSA) is 102 Å². The Morgan fingerprint density at radius 3 is 2.40 bits per heavy atom. The lowest BCUT2D eigenvalue weighted by Crippen LogP contribution is -2.44. The number of nitrogens with zero attached hydrogens (tertiary/aromatic N) is 2. The smallest absolute Gasteiger partial charge is 0.290 e. The van der Waals surface area contributed by atoms with Crippen LogP contribution in [-0.2, 0) is 11.3 Å². The number of aromatic nitrogens is 2. The van der Waals surface area contributed by atoms with Gasteiger partial charge in [-0.2, -0.15) is 5.10 Å². The minimum atomic E-state index is -0.618. The number of aryl methyl sites for hydroxylation is 1. The molecule has 3 rings (SSSR count). The molecule has 0 saturated carbocycles. The average molecular weight is 408 g/mol. The van der Waals surface area contributed by atoms with E-state index >= 15 is 0 Å². The number of hydrogen-bond acceptors (Lipinski definition) is 5. The third-order valence-corrected chi connectivity index (χ3v) is 4.39. The number of para-hydroxylation sites is 1. The second kappa shape index (κ2) is 9.21. The molecule has 0 fully saturated rings. The molecule has 3 aromatic rings. The molecule has 0 saturated heterocycles. The molecule has 2 aromatic carbocycles. The molecule has 0 radical (unpaired) electrons. The summed E-state index contributed by atoms with van der Waals surface area (Å²) in [5.41, 5.74) is 5.37. The van der Waals surface area contributed by atoms with Gasteiger partial charge in [0.05, 0.1) is 5.39 Å². The Balaban J connectivity index is 1.73. The second-order valence-corrected chi connectivity index (χ2v) is 7.33. The molecule has 0 spiro atoms. The summed E-state index contributed by atoms with van der Waals surface area (Å²) in [6, 6.07) is 14.1. The van der Waals surface area contributed by atoms with Gasteiger partial charge in [0.25, 0.3) is 17.4 Å². The van der Waals surface area contributed by atoms with E-state index in [0.29, 0.717) is 23.1 Å². The molecule has 0 aliphatic carbocycles. The van der Waals surface area contributed by atoms with Crippen molar-refractivity contribution < 1.29 is 14.3 Å². The molecule has 8 heteroatoms. The van der Waals surface area contributed by atoms with Crippen LogP contribution >= 0.6 is 0 Å². The molecule has 0 aliphatic heterocycles. The van der Waals surface area contributed by atoms with E-state index < -0.39 is 11.8 Å². The van der Waals surface area contributed by atoms with Crippen LogP contribution in [0.1, 0.15) is 29.9 Å². The molecule has 2 amide bonds. The summed E-state index contributed by atoms with van der Waals surface area (Å²) in [5.74, 6) is -0.377. The van der Waals surface area contributed by atoms with Gasteiger partial charge in [-0.25, -0.2) is 4.68 Å². The van der Waals surface area contributed by atoms with Gasteiger partial charge in [0, 0.05) is 11.9 Å². The number of benzene rings is 2. The largest absolute Gasteiger partial charge is 0.483 e. The Morgan fingerprint density at radius 2 is 1.70 bits per heavy atom. The molecule has 156 valence electrons. The van der Waals surface area contributed by atoms with E-state index in [-0.39, 0.29) is 23.8 Å². The Bertz CT molecular complexity index is 1140. The van der Waals surface area contributed by atoms with E-state index in [1.165, 1.54) is 4.68 Å². The highest BCUT2D eigenvalue weighted by atomic mass is 16.5. The fraction of sp³-hybridized carbons (Fsp3) is 0.273. The van der Waals surface area contributed by atoms with Crippen molar-refractivity contribution in [3.05, 3.63) is 70.1 Å². The maximum atomic E-state index is 12.7. The Morgan fingerprint density at radius 1 is 1.03 bits per heavy atom. The lowest BCUT2D eigenvalue weighted by molar-refractivity contribution is -0.123. The highest BCUT2D eigenvalue weighted by Crippen LogP contribution is 2.16. The van der Waals surface area contributed by atoms with E-state index in [1.807, 2.05) is 39.0 Å². The van der Waals surface area contributed by atoms with Crippen molar-refractivity contribution in [2.45, 2.75) is 27.3 Å². The van der Waals surface area contributed by atoms with Crippen LogP contribution in [-0.4, -0.2) is 28.2 Å². The van der Waals surface area contributed by atoms with Crippen LogP contribution in [0.25, 0.3) is 10.8 Å². The molecule has 0 unspecified atom stereocenters. The summed E-state index contributed by atoms with van der Waals surface area (Å²) in [5, 5.41) is 5.05. The molecule has 0 atom stereocenters. The summed E-state index contributed by atoms with van der Waals surface area (Å²) in [7, 11) is 0. The summed E-state index contributed by atoms with van der Waals surface area (Å²) in [4.78, 5) is 37.4.